The normalized spacial score (nSPS) is 20.4. The highest BCUT2D eigenvalue weighted by molar-refractivity contribution is 7.99. The fourth-order valence-corrected chi connectivity index (χ4v) is 3.89. The van der Waals surface area contributed by atoms with Gasteiger partial charge in [-0.1, -0.05) is 12.8 Å². The second-order valence-corrected chi connectivity index (χ2v) is 6.87. The lowest BCUT2D eigenvalue weighted by molar-refractivity contribution is 0.397. The SMILES string of the molecule is CC(C)NC(C)(C#N)CCSCC1CCCC1. The molecule has 0 spiro atoms. The molecule has 1 aliphatic carbocycles. The quantitative estimate of drug-likeness (QED) is 0.705. The molecule has 17 heavy (non-hydrogen) atoms. The summed E-state index contributed by atoms with van der Waals surface area (Å²) in [7, 11) is 0. The Morgan fingerprint density at radius 3 is 2.59 bits per heavy atom. The summed E-state index contributed by atoms with van der Waals surface area (Å²) in [6.45, 7) is 6.21. The zero-order chi connectivity index (χ0) is 12.7. The van der Waals surface area contributed by atoms with Gasteiger partial charge >= 0.3 is 0 Å². The molecule has 0 radical (unpaired) electrons. The third kappa shape index (κ3) is 5.79. The Morgan fingerprint density at radius 1 is 1.41 bits per heavy atom. The van der Waals surface area contributed by atoms with E-state index in [-0.39, 0.29) is 5.54 Å². The lowest BCUT2D eigenvalue weighted by Gasteiger charge is -2.25. The van der Waals surface area contributed by atoms with Crippen molar-refractivity contribution in [3.8, 4) is 6.07 Å². The molecule has 1 fully saturated rings. The zero-order valence-corrected chi connectivity index (χ0v) is 12.3. The highest BCUT2D eigenvalue weighted by Gasteiger charge is 2.24. The Kier molecular flexibility index (Phi) is 6.37. The predicted octanol–water partition coefficient (Wildman–Crippen LogP) is 3.58. The summed E-state index contributed by atoms with van der Waals surface area (Å²) >= 11 is 2.03. The smallest absolute Gasteiger partial charge is 0.104 e. The van der Waals surface area contributed by atoms with Crippen molar-refractivity contribution in [1.29, 1.82) is 5.26 Å². The van der Waals surface area contributed by atoms with Crippen molar-refractivity contribution in [2.24, 2.45) is 5.92 Å². The molecule has 0 bridgehead atoms. The standard InChI is InChI=1S/C14H26N2S/c1-12(2)16-14(3,11-15)8-9-17-10-13-6-4-5-7-13/h12-13,16H,4-10H2,1-3H3. The third-order valence-electron chi connectivity index (χ3n) is 3.43. The van der Waals surface area contributed by atoms with Crippen LogP contribution in [0.3, 0.4) is 0 Å². The number of hydrogen-bond donors (Lipinski definition) is 1. The van der Waals surface area contributed by atoms with E-state index in [1.54, 1.807) is 0 Å². The summed E-state index contributed by atoms with van der Waals surface area (Å²) in [6.07, 6.45) is 6.64. The van der Waals surface area contributed by atoms with E-state index in [4.69, 9.17) is 0 Å². The number of nitrogens with zero attached hydrogens (tertiary/aromatic N) is 1. The molecule has 0 amide bonds. The fraction of sp³-hybridized carbons (Fsp3) is 0.929. The lowest BCUT2D eigenvalue weighted by Crippen LogP contribution is -2.45. The molecule has 98 valence electrons. The fourth-order valence-electron chi connectivity index (χ4n) is 2.50. The third-order valence-corrected chi connectivity index (χ3v) is 4.63. The molecule has 1 aliphatic rings. The van der Waals surface area contributed by atoms with E-state index in [9.17, 15) is 5.26 Å². The number of nitrogens with one attached hydrogen (secondary N) is 1. The summed E-state index contributed by atoms with van der Waals surface area (Å²) < 4.78 is 0. The zero-order valence-electron chi connectivity index (χ0n) is 11.5. The van der Waals surface area contributed by atoms with Crippen molar-refractivity contribution < 1.29 is 0 Å². The van der Waals surface area contributed by atoms with Crippen LogP contribution in [0.5, 0.6) is 0 Å². The van der Waals surface area contributed by atoms with Gasteiger partial charge in [-0.25, -0.2) is 0 Å². The Morgan fingerprint density at radius 2 is 2.06 bits per heavy atom. The van der Waals surface area contributed by atoms with Gasteiger partial charge in [0.15, 0.2) is 0 Å². The number of rotatable bonds is 7. The molecule has 2 nitrogen and oxygen atoms in total. The molecular formula is C14H26N2S. The first-order chi connectivity index (χ1) is 8.06. The van der Waals surface area contributed by atoms with E-state index in [0.29, 0.717) is 6.04 Å². The first kappa shape index (κ1) is 14.9. The maximum Gasteiger partial charge on any atom is 0.104 e. The topological polar surface area (TPSA) is 35.8 Å². The van der Waals surface area contributed by atoms with Crippen LogP contribution in [-0.4, -0.2) is 23.1 Å². The van der Waals surface area contributed by atoms with Gasteiger partial charge in [0, 0.05) is 6.04 Å². The molecule has 1 unspecified atom stereocenters. The van der Waals surface area contributed by atoms with Crippen LogP contribution in [0.15, 0.2) is 0 Å². The predicted molar refractivity (Wildman–Crippen MR) is 76.2 cm³/mol. The van der Waals surface area contributed by atoms with Gasteiger partial charge in [-0.2, -0.15) is 17.0 Å². The van der Waals surface area contributed by atoms with Crippen LogP contribution in [0.4, 0.5) is 0 Å². The molecule has 0 aromatic rings. The number of thioether (sulfide) groups is 1. The van der Waals surface area contributed by atoms with E-state index >= 15 is 0 Å². The molecule has 1 rings (SSSR count). The Labute approximate surface area is 111 Å². The minimum atomic E-state index is -0.350. The van der Waals surface area contributed by atoms with Gasteiger partial charge < -0.3 is 0 Å². The van der Waals surface area contributed by atoms with Crippen molar-refractivity contribution in [2.75, 3.05) is 11.5 Å². The minimum absolute atomic E-state index is 0.350. The average Bonchev–Trinajstić information content (AvgIpc) is 2.76. The van der Waals surface area contributed by atoms with Crippen LogP contribution in [0.25, 0.3) is 0 Å². The molecular weight excluding hydrogens is 228 g/mol. The van der Waals surface area contributed by atoms with Gasteiger partial charge in [-0.15, -0.1) is 0 Å². The molecule has 1 N–H and O–H groups in total. The van der Waals surface area contributed by atoms with Gasteiger partial charge in [0.2, 0.25) is 0 Å². The monoisotopic (exact) mass is 254 g/mol. The van der Waals surface area contributed by atoms with Gasteiger partial charge in [-0.3, -0.25) is 5.32 Å². The van der Waals surface area contributed by atoms with Crippen LogP contribution in [-0.2, 0) is 0 Å². The van der Waals surface area contributed by atoms with Gasteiger partial charge in [0.25, 0.3) is 0 Å². The maximum atomic E-state index is 9.22. The summed E-state index contributed by atoms with van der Waals surface area (Å²) in [5.74, 6) is 3.34. The molecule has 0 saturated heterocycles. The van der Waals surface area contributed by atoms with Crippen LogP contribution in [0.1, 0.15) is 52.9 Å². The second kappa shape index (κ2) is 7.28. The number of nitriles is 1. The van der Waals surface area contributed by atoms with E-state index in [1.165, 1.54) is 31.4 Å². The van der Waals surface area contributed by atoms with E-state index < -0.39 is 0 Å². The first-order valence-corrected chi connectivity index (χ1v) is 7.98. The molecule has 0 heterocycles. The lowest BCUT2D eigenvalue weighted by atomic mass is 10.0. The van der Waals surface area contributed by atoms with Crippen LogP contribution < -0.4 is 5.32 Å². The van der Waals surface area contributed by atoms with Gasteiger partial charge in [0.05, 0.1) is 6.07 Å². The summed E-state index contributed by atoms with van der Waals surface area (Å²) in [4.78, 5) is 0. The molecule has 0 aromatic carbocycles. The average molecular weight is 254 g/mol. The van der Waals surface area contributed by atoms with Crippen LogP contribution in [0.2, 0.25) is 0 Å². The van der Waals surface area contributed by atoms with Crippen LogP contribution in [0, 0.1) is 17.2 Å². The summed E-state index contributed by atoms with van der Waals surface area (Å²) in [5, 5.41) is 12.6. The summed E-state index contributed by atoms with van der Waals surface area (Å²) in [5.41, 5.74) is -0.350. The second-order valence-electron chi connectivity index (χ2n) is 5.72. The van der Waals surface area contributed by atoms with E-state index in [1.807, 2.05) is 18.7 Å². The minimum Gasteiger partial charge on any atom is -0.297 e. The highest BCUT2D eigenvalue weighted by atomic mass is 32.2. The largest absolute Gasteiger partial charge is 0.297 e. The van der Waals surface area contributed by atoms with Crippen molar-refractivity contribution in [1.82, 2.24) is 5.32 Å². The highest BCUT2D eigenvalue weighted by Crippen LogP contribution is 2.28. The molecule has 0 aliphatic heterocycles. The van der Waals surface area contributed by atoms with Crippen LogP contribution >= 0.6 is 11.8 Å². The summed E-state index contributed by atoms with van der Waals surface area (Å²) in [6, 6.07) is 2.79. The maximum absolute atomic E-state index is 9.22. The van der Waals surface area contributed by atoms with Crippen molar-refractivity contribution in [3.63, 3.8) is 0 Å². The Balaban J connectivity index is 2.16. The molecule has 0 aromatic heterocycles. The number of hydrogen-bond acceptors (Lipinski definition) is 3. The van der Waals surface area contributed by atoms with Crippen molar-refractivity contribution >= 4 is 11.8 Å². The Bertz CT molecular complexity index is 253. The van der Waals surface area contributed by atoms with Gasteiger partial charge in [-0.05, 0) is 57.5 Å². The van der Waals surface area contributed by atoms with Crippen molar-refractivity contribution in [3.05, 3.63) is 0 Å². The van der Waals surface area contributed by atoms with Gasteiger partial charge in [0.1, 0.15) is 5.54 Å². The molecule has 1 saturated carbocycles. The Hall–Kier alpha value is -0.200. The molecule has 1 atom stereocenters. The molecule has 3 heteroatoms. The first-order valence-electron chi connectivity index (χ1n) is 6.82. The van der Waals surface area contributed by atoms with E-state index in [2.05, 4.69) is 25.2 Å². The van der Waals surface area contributed by atoms with E-state index in [0.717, 1.165) is 18.1 Å². The van der Waals surface area contributed by atoms with Crippen molar-refractivity contribution in [2.45, 2.75) is 64.5 Å².